The SMILES string of the molecule is CC(n1ncc(Br)c(Br)c1=O)C(C)(C)C. The summed E-state index contributed by atoms with van der Waals surface area (Å²) in [6, 6.07) is 0.0504. The van der Waals surface area contributed by atoms with Crippen molar-refractivity contribution in [1.29, 1.82) is 0 Å². The minimum Gasteiger partial charge on any atom is -0.266 e. The summed E-state index contributed by atoms with van der Waals surface area (Å²) in [7, 11) is 0. The first kappa shape index (κ1) is 12.9. The molecular formula is C10H14Br2N2O. The van der Waals surface area contributed by atoms with Gasteiger partial charge in [-0.25, -0.2) is 4.68 Å². The van der Waals surface area contributed by atoms with Crippen molar-refractivity contribution in [3.8, 4) is 0 Å². The van der Waals surface area contributed by atoms with Crippen LogP contribution in [0.4, 0.5) is 0 Å². The highest BCUT2D eigenvalue weighted by atomic mass is 79.9. The highest BCUT2D eigenvalue weighted by molar-refractivity contribution is 9.13. The molecule has 0 bridgehead atoms. The molecule has 0 N–H and O–H groups in total. The summed E-state index contributed by atoms with van der Waals surface area (Å²) in [5.74, 6) is 0. The van der Waals surface area contributed by atoms with Gasteiger partial charge in [-0.3, -0.25) is 4.79 Å². The van der Waals surface area contributed by atoms with Gasteiger partial charge in [0.1, 0.15) is 4.47 Å². The molecule has 0 fully saturated rings. The Balaban J connectivity index is 3.29. The summed E-state index contributed by atoms with van der Waals surface area (Å²) in [5.41, 5.74) is -0.101. The number of rotatable bonds is 1. The first-order chi connectivity index (χ1) is 6.75. The van der Waals surface area contributed by atoms with Gasteiger partial charge in [0.2, 0.25) is 0 Å². The maximum Gasteiger partial charge on any atom is 0.282 e. The average Bonchev–Trinajstić information content (AvgIpc) is 2.12. The van der Waals surface area contributed by atoms with Crippen molar-refractivity contribution in [2.75, 3.05) is 0 Å². The van der Waals surface area contributed by atoms with E-state index in [0.717, 1.165) is 0 Å². The van der Waals surface area contributed by atoms with Crippen molar-refractivity contribution in [3.05, 3.63) is 25.5 Å². The molecule has 0 aliphatic carbocycles. The summed E-state index contributed by atoms with van der Waals surface area (Å²) < 4.78 is 2.72. The number of nitrogens with zero attached hydrogens (tertiary/aromatic N) is 2. The van der Waals surface area contributed by atoms with Crippen molar-refractivity contribution < 1.29 is 0 Å². The van der Waals surface area contributed by atoms with Gasteiger partial charge >= 0.3 is 0 Å². The van der Waals surface area contributed by atoms with Crippen molar-refractivity contribution in [2.24, 2.45) is 5.41 Å². The molecule has 1 atom stereocenters. The molecule has 0 aliphatic rings. The van der Waals surface area contributed by atoms with Gasteiger partial charge in [0.05, 0.1) is 16.7 Å². The molecule has 5 heteroatoms. The lowest BCUT2D eigenvalue weighted by Gasteiger charge is -2.27. The summed E-state index contributed by atoms with van der Waals surface area (Å²) in [4.78, 5) is 11.9. The Morgan fingerprint density at radius 3 is 2.40 bits per heavy atom. The normalized spacial score (nSPS) is 14.0. The smallest absolute Gasteiger partial charge is 0.266 e. The molecule has 1 unspecified atom stereocenters. The predicted octanol–water partition coefficient (Wildman–Crippen LogP) is 3.38. The third kappa shape index (κ3) is 2.69. The Bertz CT molecular complexity index is 420. The standard InChI is InChI=1S/C10H14Br2N2O/c1-6(10(2,3)4)14-9(15)8(12)7(11)5-13-14/h5-6H,1-4H3. The summed E-state index contributed by atoms with van der Waals surface area (Å²) in [6.45, 7) is 8.25. The number of hydrogen-bond donors (Lipinski definition) is 0. The van der Waals surface area contributed by atoms with Crippen LogP contribution in [0.1, 0.15) is 33.7 Å². The fourth-order valence-corrected chi connectivity index (χ4v) is 1.61. The van der Waals surface area contributed by atoms with Gasteiger partial charge in [0.25, 0.3) is 5.56 Å². The minimum absolute atomic E-state index is 0.00406. The lowest BCUT2D eigenvalue weighted by atomic mass is 9.88. The molecule has 1 heterocycles. The van der Waals surface area contributed by atoms with E-state index >= 15 is 0 Å². The van der Waals surface area contributed by atoms with E-state index in [1.807, 2.05) is 6.92 Å². The van der Waals surface area contributed by atoms with Gasteiger partial charge < -0.3 is 0 Å². The monoisotopic (exact) mass is 336 g/mol. The molecule has 3 nitrogen and oxygen atoms in total. The van der Waals surface area contributed by atoms with E-state index in [2.05, 4.69) is 57.7 Å². The van der Waals surface area contributed by atoms with Crippen molar-refractivity contribution in [3.63, 3.8) is 0 Å². The van der Waals surface area contributed by atoms with Gasteiger partial charge in [0, 0.05) is 0 Å². The molecule has 0 amide bonds. The van der Waals surface area contributed by atoms with E-state index < -0.39 is 0 Å². The van der Waals surface area contributed by atoms with Gasteiger partial charge in [-0.05, 0) is 44.2 Å². The average molecular weight is 338 g/mol. The molecule has 0 aliphatic heterocycles. The molecule has 0 spiro atoms. The second kappa shape index (κ2) is 4.37. The Morgan fingerprint density at radius 2 is 1.93 bits per heavy atom. The van der Waals surface area contributed by atoms with Crippen LogP contribution in [0.5, 0.6) is 0 Å². The lowest BCUT2D eigenvalue weighted by molar-refractivity contribution is 0.236. The Kier molecular flexibility index (Phi) is 3.76. The van der Waals surface area contributed by atoms with E-state index in [-0.39, 0.29) is 17.0 Å². The zero-order valence-corrected chi connectivity index (χ0v) is 12.4. The van der Waals surface area contributed by atoms with Crippen LogP contribution in [0.25, 0.3) is 0 Å². The first-order valence-corrected chi connectivity index (χ1v) is 6.26. The molecule has 84 valence electrons. The van der Waals surface area contributed by atoms with Gasteiger partial charge in [-0.15, -0.1) is 0 Å². The third-order valence-electron chi connectivity index (χ3n) is 2.52. The van der Waals surface area contributed by atoms with Crippen LogP contribution in [0, 0.1) is 5.41 Å². The minimum atomic E-state index is -0.105. The second-order valence-corrected chi connectivity index (χ2v) is 6.25. The van der Waals surface area contributed by atoms with Crippen LogP contribution in [0.15, 0.2) is 19.9 Å². The van der Waals surface area contributed by atoms with Crippen LogP contribution >= 0.6 is 31.9 Å². The highest BCUT2D eigenvalue weighted by Crippen LogP contribution is 2.28. The largest absolute Gasteiger partial charge is 0.282 e. The van der Waals surface area contributed by atoms with Crippen molar-refractivity contribution >= 4 is 31.9 Å². The lowest BCUT2D eigenvalue weighted by Crippen LogP contribution is -2.33. The Hall–Kier alpha value is -0.160. The highest BCUT2D eigenvalue weighted by Gasteiger charge is 2.24. The summed E-state index contributed by atoms with van der Waals surface area (Å²) in [5, 5.41) is 4.13. The first-order valence-electron chi connectivity index (χ1n) is 4.68. The molecule has 1 aromatic rings. The number of halogens is 2. The topological polar surface area (TPSA) is 34.9 Å². The van der Waals surface area contributed by atoms with E-state index in [4.69, 9.17) is 0 Å². The maximum absolute atomic E-state index is 11.9. The van der Waals surface area contributed by atoms with Crippen LogP contribution in [0.2, 0.25) is 0 Å². The van der Waals surface area contributed by atoms with Crippen molar-refractivity contribution in [2.45, 2.75) is 33.7 Å². The van der Waals surface area contributed by atoms with Crippen molar-refractivity contribution in [1.82, 2.24) is 9.78 Å². The zero-order chi connectivity index (χ0) is 11.8. The maximum atomic E-state index is 11.9. The predicted molar refractivity (Wildman–Crippen MR) is 68.1 cm³/mol. The van der Waals surface area contributed by atoms with Gasteiger partial charge in [-0.2, -0.15) is 5.10 Å². The molecule has 0 saturated carbocycles. The number of aromatic nitrogens is 2. The quantitative estimate of drug-likeness (QED) is 0.787. The third-order valence-corrected chi connectivity index (χ3v) is 4.42. The molecule has 1 rings (SSSR count). The number of hydrogen-bond acceptors (Lipinski definition) is 2. The van der Waals surface area contributed by atoms with E-state index in [1.165, 1.54) is 4.68 Å². The van der Waals surface area contributed by atoms with Gasteiger partial charge in [-0.1, -0.05) is 20.8 Å². The van der Waals surface area contributed by atoms with Crippen LogP contribution < -0.4 is 5.56 Å². The van der Waals surface area contributed by atoms with Gasteiger partial charge in [0.15, 0.2) is 0 Å². The Labute approximate surface area is 106 Å². The molecule has 1 aromatic heterocycles. The molecule has 0 aromatic carbocycles. The summed E-state index contributed by atoms with van der Waals surface area (Å²) in [6.07, 6.45) is 1.63. The fourth-order valence-electron chi connectivity index (χ4n) is 1.07. The molecule has 0 saturated heterocycles. The van der Waals surface area contributed by atoms with E-state index in [1.54, 1.807) is 6.20 Å². The van der Waals surface area contributed by atoms with E-state index in [9.17, 15) is 4.79 Å². The second-order valence-electron chi connectivity index (χ2n) is 4.60. The summed E-state index contributed by atoms with van der Waals surface area (Å²) >= 11 is 6.50. The van der Waals surface area contributed by atoms with Crippen LogP contribution in [-0.4, -0.2) is 9.78 Å². The fraction of sp³-hybridized carbons (Fsp3) is 0.600. The zero-order valence-electron chi connectivity index (χ0n) is 9.21. The van der Waals surface area contributed by atoms with Crippen LogP contribution in [0.3, 0.4) is 0 Å². The molecule has 15 heavy (non-hydrogen) atoms. The van der Waals surface area contributed by atoms with E-state index in [0.29, 0.717) is 8.95 Å². The molecule has 0 radical (unpaired) electrons. The Morgan fingerprint density at radius 1 is 1.40 bits per heavy atom. The van der Waals surface area contributed by atoms with Crippen LogP contribution in [-0.2, 0) is 0 Å². The molecular weight excluding hydrogens is 324 g/mol.